The second-order valence-electron chi connectivity index (χ2n) is 5.14. The van der Waals surface area contributed by atoms with Gasteiger partial charge in [-0.05, 0) is 25.8 Å². The smallest absolute Gasteiger partial charge is 0.251 e. The highest BCUT2D eigenvalue weighted by molar-refractivity contribution is 5.80. The van der Waals surface area contributed by atoms with E-state index in [1.54, 1.807) is 20.2 Å². The first kappa shape index (κ1) is 15.0. The van der Waals surface area contributed by atoms with Crippen LogP contribution >= 0.6 is 0 Å². The van der Waals surface area contributed by atoms with Crippen LogP contribution in [0.15, 0.2) is 12.3 Å². The summed E-state index contributed by atoms with van der Waals surface area (Å²) in [5.41, 5.74) is 1.11. The number of aromatic amines is 1. The highest BCUT2D eigenvalue weighted by atomic mass is 16.5. The lowest BCUT2D eigenvalue weighted by Gasteiger charge is -2.33. The summed E-state index contributed by atoms with van der Waals surface area (Å²) < 4.78 is 10.4. The maximum atomic E-state index is 12.3. The Morgan fingerprint density at radius 2 is 2.45 bits per heavy atom. The van der Waals surface area contributed by atoms with Gasteiger partial charge in [0.1, 0.15) is 6.10 Å². The molecular weight excluding hydrogens is 258 g/mol. The first-order valence-electron chi connectivity index (χ1n) is 7.11. The topological polar surface area (TPSA) is 67.5 Å². The number of piperidine rings is 1. The summed E-state index contributed by atoms with van der Waals surface area (Å²) >= 11 is 0. The Balaban J connectivity index is 1.86. The van der Waals surface area contributed by atoms with E-state index in [-0.39, 0.29) is 5.91 Å². The number of ether oxygens (including phenoxy) is 2. The number of methoxy groups -OCH3 is 1. The molecule has 0 saturated carbocycles. The Morgan fingerprint density at radius 1 is 1.60 bits per heavy atom. The lowest BCUT2D eigenvalue weighted by atomic mass is 9.94. The minimum absolute atomic E-state index is 0.0605. The third-order valence-corrected chi connectivity index (χ3v) is 3.70. The van der Waals surface area contributed by atoms with Crippen LogP contribution in [-0.2, 0) is 14.3 Å². The predicted octanol–water partition coefficient (Wildman–Crippen LogP) is 1.17. The number of hydrogen-bond acceptors (Lipinski definition) is 4. The van der Waals surface area contributed by atoms with E-state index in [0.29, 0.717) is 19.1 Å². The van der Waals surface area contributed by atoms with Gasteiger partial charge in [0, 0.05) is 38.0 Å². The van der Waals surface area contributed by atoms with E-state index in [1.165, 1.54) is 0 Å². The molecule has 0 aromatic carbocycles. The van der Waals surface area contributed by atoms with E-state index in [1.807, 2.05) is 11.0 Å². The second kappa shape index (κ2) is 7.40. The van der Waals surface area contributed by atoms with Crippen molar-refractivity contribution in [2.75, 3.05) is 33.4 Å². The van der Waals surface area contributed by atoms with Crippen molar-refractivity contribution in [3.8, 4) is 0 Å². The van der Waals surface area contributed by atoms with Crippen LogP contribution in [0.25, 0.3) is 0 Å². The third-order valence-electron chi connectivity index (χ3n) is 3.70. The van der Waals surface area contributed by atoms with Gasteiger partial charge in [-0.2, -0.15) is 5.10 Å². The SMILES string of the molecule is COCCO[C@H](C)C(=O)N1CCC[C@H](c2ccn[nH]2)C1. The van der Waals surface area contributed by atoms with Gasteiger partial charge in [0.05, 0.1) is 13.2 Å². The van der Waals surface area contributed by atoms with Crippen molar-refractivity contribution in [1.82, 2.24) is 15.1 Å². The van der Waals surface area contributed by atoms with Crippen LogP contribution in [0.1, 0.15) is 31.4 Å². The van der Waals surface area contributed by atoms with E-state index in [0.717, 1.165) is 31.6 Å². The lowest BCUT2D eigenvalue weighted by Crippen LogP contribution is -2.44. The molecule has 1 N–H and O–H groups in total. The highest BCUT2D eigenvalue weighted by Crippen LogP contribution is 2.25. The predicted molar refractivity (Wildman–Crippen MR) is 74.4 cm³/mol. The molecule has 2 rings (SSSR count). The molecule has 1 saturated heterocycles. The average Bonchev–Trinajstić information content (AvgIpc) is 3.01. The summed E-state index contributed by atoms with van der Waals surface area (Å²) in [5, 5.41) is 6.99. The van der Waals surface area contributed by atoms with Crippen LogP contribution in [0, 0.1) is 0 Å². The molecule has 0 unspecified atom stereocenters. The number of H-pyrrole nitrogens is 1. The zero-order valence-electron chi connectivity index (χ0n) is 12.2. The van der Waals surface area contributed by atoms with Crippen molar-refractivity contribution in [3.05, 3.63) is 18.0 Å². The van der Waals surface area contributed by atoms with Gasteiger partial charge < -0.3 is 14.4 Å². The minimum Gasteiger partial charge on any atom is -0.382 e. The molecule has 0 radical (unpaired) electrons. The average molecular weight is 281 g/mol. The Morgan fingerprint density at radius 3 is 3.15 bits per heavy atom. The van der Waals surface area contributed by atoms with Crippen molar-refractivity contribution in [2.24, 2.45) is 0 Å². The summed E-state index contributed by atoms with van der Waals surface area (Å²) in [6.45, 7) is 4.30. The van der Waals surface area contributed by atoms with Gasteiger partial charge in [0.15, 0.2) is 0 Å². The molecule has 0 spiro atoms. The summed E-state index contributed by atoms with van der Waals surface area (Å²) in [6.07, 6.45) is 3.45. The summed E-state index contributed by atoms with van der Waals surface area (Å²) in [5.74, 6) is 0.409. The molecule has 6 heteroatoms. The Hall–Kier alpha value is -1.40. The number of nitrogens with one attached hydrogen (secondary N) is 1. The van der Waals surface area contributed by atoms with E-state index in [2.05, 4.69) is 10.2 Å². The molecule has 6 nitrogen and oxygen atoms in total. The molecule has 20 heavy (non-hydrogen) atoms. The molecule has 0 bridgehead atoms. The fourth-order valence-electron chi connectivity index (χ4n) is 2.56. The highest BCUT2D eigenvalue weighted by Gasteiger charge is 2.28. The van der Waals surface area contributed by atoms with Gasteiger partial charge in [-0.3, -0.25) is 9.89 Å². The van der Waals surface area contributed by atoms with Gasteiger partial charge in [-0.25, -0.2) is 0 Å². The zero-order valence-corrected chi connectivity index (χ0v) is 12.2. The maximum absolute atomic E-state index is 12.3. The molecule has 1 fully saturated rings. The molecular formula is C14H23N3O3. The largest absolute Gasteiger partial charge is 0.382 e. The zero-order chi connectivity index (χ0) is 14.4. The molecule has 0 aliphatic carbocycles. The van der Waals surface area contributed by atoms with Crippen LogP contribution in [0.4, 0.5) is 0 Å². The van der Waals surface area contributed by atoms with Crippen molar-refractivity contribution in [1.29, 1.82) is 0 Å². The van der Waals surface area contributed by atoms with Crippen LogP contribution in [-0.4, -0.2) is 60.5 Å². The minimum atomic E-state index is -0.411. The Bertz CT molecular complexity index is 408. The summed E-state index contributed by atoms with van der Waals surface area (Å²) in [4.78, 5) is 14.2. The molecule has 2 atom stereocenters. The molecule has 1 aromatic rings. The number of nitrogens with zero attached hydrogens (tertiary/aromatic N) is 2. The van der Waals surface area contributed by atoms with Gasteiger partial charge in [0.25, 0.3) is 5.91 Å². The number of rotatable bonds is 6. The first-order chi connectivity index (χ1) is 9.72. The fraction of sp³-hybridized carbons (Fsp3) is 0.714. The Kier molecular flexibility index (Phi) is 5.55. The fourth-order valence-corrected chi connectivity index (χ4v) is 2.56. The van der Waals surface area contributed by atoms with Crippen LogP contribution in [0.3, 0.4) is 0 Å². The lowest BCUT2D eigenvalue weighted by molar-refractivity contribution is -0.144. The van der Waals surface area contributed by atoms with Crippen LogP contribution in [0.5, 0.6) is 0 Å². The summed E-state index contributed by atoms with van der Waals surface area (Å²) in [6, 6.07) is 1.98. The van der Waals surface area contributed by atoms with Crippen molar-refractivity contribution < 1.29 is 14.3 Å². The van der Waals surface area contributed by atoms with Crippen LogP contribution in [0.2, 0.25) is 0 Å². The standard InChI is InChI=1S/C14H23N3O3/c1-11(20-9-8-19-2)14(18)17-7-3-4-12(10-17)13-5-6-15-16-13/h5-6,11-12H,3-4,7-10H2,1-2H3,(H,15,16)/t11-,12+/m1/s1. The first-order valence-corrected chi connectivity index (χ1v) is 7.11. The van der Waals surface area contributed by atoms with E-state index < -0.39 is 6.10 Å². The maximum Gasteiger partial charge on any atom is 0.251 e. The van der Waals surface area contributed by atoms with E-state index in [9.17, 15) is 4.79 Å². The molecule has 1 aliphatic heterocycles. The number of hydrogen-bond donors (Lipinski definition) is 1. The number of aromatic nitrogens is 2. The second-order valence-corrected chi connectivity index (χ2v) is 5.14. The van der Waals surface area contributed by atoms with Crippen molar-refractivity contribution in [3.63, 3.8) is 0 Å². The van der Waals surface area contributed by atoms with Gasteiger partial charge in [-0.15, -0.1) is 0 Å². The normalized spacial score (nSPS) is 20.9. The quantitative estimate of drug-likeness (QED) is 0.795. The van der Waals surface area contributed by atoms with Gasteiger partial charge in [0.2, 0.25) is 0 Å². The van der Waals surface area contributed by atoms with Gasteiger partial charge >= 0.3 is 0 Å². The molecule has 1 amide bonds. The number of likely N-dealkylation sites (tertiary alicyclic amines) is 1. The molecule has 1 aliphatic rings. The van der Waals surface area contributed by atoms with E-state index in [4.69, 9.17) is 9.47 Å². The molecule has 112 valence electrons. The summed E-state index contributed by atoms with van der Waals surface area (Å²) in [7, 11) is 1.62. The number of amides is 1. The molecule has 1 aromatic heterocycles. The number of carbonyl (C=O) groups excluding carboxylic acids is 1. The van der Waals surface area contributed by atoms with Gasteiger partial charge in [-0.1, -0.05) is 0 Å². The monoisotopic (exact) mass is 281 g/mol. The third kappa shape index (κ3) is 3.80. The van der Waals surface area contributed by atoms with Crippen LogP contribution < -0.4 is 0 Å². The van der Waals surface area contributed by atoms with Crippen molar-refractivity contribution >= 4 is 5.91 Å². The van der Waals surface area contributed by atoms with Crippen molar-refractivity contribution in [2.45, 2.75) is 31.8 Å². The molecule has 2 heterocycles. The number of carbonyl (C=O) groups is 1. The van der Waals surface area contributed by atoms with E-state index >= 15 is 0 Å². The Labute approximate surface area is 119 Å².